The molecule has 23 heavy (non-hydrogen) atoms. The third-order valence-corrected chi connectivity index (χ3v) is 4.64. The lowest BCUT2D eigenvalue weighted by Crippen LogP contribution is -2.89. The predicted octanol–water partition coefficient (Wildman–Crippen LogP) is 2.05. The van der Waals surface area contributed by atoms with Crippen molar-refractivity contribution in [1.82, 2.24) is 5.32 Å². The molecule has 3 N–H and O–H groups in total. The minimum Gasteiger partial charge on any atom is -0.351 e. The number of nitrogens with one attached hydrogen (secondary N) is 1. The van der Waals surface area contributed by atoms with E-state index in [1.54, 1.807) is 0 Å². The topological polar surface area (TPSA) is 45.7 Å². The zero-order valence-electron chi connectivity index (χ0n) is 13.4. The molecule has 2 aromatic rings. The van der Waals surface area contributed by atoms with Gasteiger partial charge < -0.3 is 10.6 Å². The standard InChI is InChI=1S/C20H24N2O/c23-20(19-12-7-14-21-19)22-15-13-18(16-8-3-1-4-9-16)17-10-5-2-6-11-17/h1-6,8-11,18-19,21H,7,12-15H2,(H,22,23)/p+1/t19-/m1/s1. The third kappa shape index (κ3) is 4.20. The van der Waals surface area contributed by atoms with E-state index >= 15 is 0 Å². The molecule has 0 radical (unpaired) electrons. The second-order valence-corrected chi connectivity index (χ2v) is 6.23. The number of amides is 1. The van der Waals surface area contributed by atoms with E-state index < -0.39 is 0 Å². The van der Waals surface area contributed by atoms with E-state index in [0.717, 1.165) is 32.4 Å². The van der Waals surface area contributed by atoms with E-state index in [1.165, 1.54) is 11.1 Å². The van der Waals surface area contributed by atoms with Gasteiger partial charge in [0.05, 0.1) is 6.54 Å². The molecule has 1 atom stereocenters. The average molecular weight is 309 g/mol. The highest BCUT2D eigenvalue weighted by molar-refractivity contribution is 5.80. The molecule has 1 aliphatic rings. The Morgan fingerprint density at radius 2 is 1.65 bits per heavy atom. The predicted molar refractivity (Wildman–Crippen MR) is 92.2 cm³/mol. The van der Waals surface area contributed by atoms with Crippen LogP contribution < -0.4 is 10.6 Å². The summed E-state index contributed by atoms with van der Waals surface area (Å²) in [5.74, 6) is 0.521. The molecule has 3 rings (SSSR count). The number of quaternary nitrogens is 1. The fourth-order valence-corrected chi connectivity index (χ4v) is 3.38. The summed E-state index contributed by atoms with van der Waals surface area (Å²) < 4.78 is 0. The number of carbonyl (C=O) groups is 1. The molecular weight excluding hydrogens is 284 g/mol. The molecule has 1 heterocycles. The molecule has 3 heteroatoms. The van der Waals surface area contributed by atoms with Gasteiger partial charge in [-0.2, -0.15) is 0 Å². The Morgan fingerprint density at radius 3 is 2.17 bits per heavy atom. The Balaban J connectivity index is 1.64. The zero-order chi connectivity index (χ0) is 15.9. The number of carbonyl (C=O) groups excluding carboxylic acids is 1. The number of hydrogen-bond donors (Lipinski definition) is 2. The number of benzene rings is 2. The van der Waals surface area contributed by atoms with Crippen molar-refractivity contribution in [2.24, 2.45) is 0 Å². The zero-order valence-corrected chi connectivity index (χ0v) is 13.4. The molecule has 0 spiro atoms. The Hall–Kier alpha value is -2.13. The SMILES string of the molecule is O=C(NCCC(c1ccccc1)c1ccccc1)[C@H]1CCC[NH2+]1. The van der Waals surface area contributed by atoms with Crippen molar-refractivity contribution in [3.8, 4) is 0 Å². The second-order valence-electron chi connectivity index (χ2n) is 6.23. The summed E-state index contributed by atoms with van der Waals surface area (Å²) >= 11 is 0. The van der Waals surface area contributed by atoms with Gasteiger partial charge >= 0.3 is 0 Å². The maximum absolute atomic E-state index is 12.2. The van der Waals surface area contributed by atoms with Crippen LogP contribution >= 0.6 is 0 Å². The molecule has 1 aliphatic heterocycles. The number of rotatable bonds is 6. The monoisotopic (exact) mass is 309 g/mol. The van der Waals surface area contributed by atoms with Gasteiger partial charge in [0.2, 0.25) is 0 Å². The van der Waals surface area contributed by atoms with Gasteiger partial charge in [0.25, 0.3) is 5.91 Å². The summed E-state index contributed by atoms with van der Waals surface area (Å²) in [6.45, 7) is 1.80. The summed E-state index contributed by atoms with van der Waals surface area (Å²) in [5.41, 5.74) is 2.61. The lowest BCUT2D eigenvalue weighted by Gasteiger charge is -2.19. The van der Waals surface area contributed by atoms with Crippen LogP contribution in [0.4, 0.5) is 0 Å². The van der Waals surface area contributed by atoms with Crippen molar-refractivity contribution >= 4 is 5.91 Å². The quantitative estimate of drug-likeness (QED) is 0.843. The van der Waals surface area contributed by atoms with E-state index in [-0.39, 0.29) is 11.9 Å². The Morgan fingerprint density at radius 1 is 1.04 bits per heavy atom. The van der Waals surface area contributed by atoms with Crippen molar-refractivity contribution < 1.29 is 10.1 Å². The van der Waals surface area contributed by atoms with Gasteiger partial charge in [0, 0.05) is 25.3 Å². The molecule has 3 nitrogen and oxygen atoms in total. The summed E-state index contributed by atoms with van der Waals surface area (Å²) in [6.07, 6.45) is 3.08. The van der Waals surface area contributed by atoms with Crippen molar-refractivity contribution in [2.75, 3.05) is 13.1 Å². The minimum atomic E-state index is 0.127. The van der Waals surface area contributed by atoms with Crippen LogP contribution in [-0.2, 0) is 4.79 Å². The van der Waals surface area contributed by atoms with E-state index in [4.69, 9.17) is 0 Å². The summed E-state index contributed by atoms with van der Waals surface area (Å²) in [4.78, 5) is 12.2. The fourth-order valence-electron chi connectivity index (χ4n) is 3.38. The van der Waals surface area contributed by atoms with Crippen molar-refractivity contribution in [2.45, 2.75) is 31.2 Å². The molecule has 0 saturated carbocycles. The first-order valence-electron chi connectivity index (χ1n) is 8.55. The lowest BCUT2D eigenvalue weighted by molar-refractivity contribution is -0.657. The van der Waals surface area contributed by atoms with E-state index in [2.05, 4.69) is 59.2 Å². The highest BCUT2D eigenvalue weighted by Crippen LogP contribution is 2.27. The van der Waals surface area contributed by atoms with E-state index in [9.17, 15) is 4.79 Å². The number of nitrogens with two attached hydrogens (primary N) is 1. The van der Waals surface area contributed by atoms with Crippen LogP contribution in [0.1, 0.15) is 36.3 Å². The van der Waals surface area contributed by atoms with Gasteiger partial charge in [-0.15, -0.1) is 0 Å². The van der Waals surface area contributed by atoms with Crippen molar-refractivity contribution in [3.05, 3.63) is 71.8 Å². The summed E-state index contributed by atoms with van der Waals surface area (Å²) in [5, 5.41) is 5.28. The van der Waals surface area contributed by atoms with Crippen molar-refractivity contribution in [3.63, 3.8) is 0 Å². The maximum atomic E-state index is 12.2. The van der Waals surface area contributed by atoms with Crippen LogP contribution in [-0.4, -0.2) is 25.0 Å². The normalized spacial score (nSPS) is 17.3. The fraction of sp³-hybridized carbons (Fsp3) is 0.350. The van der Waals surface area contributed by atoms with Crippen molar-refractivity contribution in [1.29, 1.82) is 0 Å². The Bertz CT molecular complexity index is 567. The van der Waals surface area contributed by atoms with E-state index in [1.807, 2.05) is 12.1 Å². The molecule has 1 saturated heterocycles. The molecular formula is C20H25N2O+. The molecule has 120 valence electrons. The summed E-state index contributed by atoms with van der Waals surface area (Å²) in [7, 11) is 0. The average Bonchev–Trinajstić information content (AvgIpc) is 3.15. The van der Waals surface area contributed by atoms with Crippen LogP contribution in [0.25, 0.3) is 0 Å². The van der Waals surface area contributed by atoms with Crippen LogP contribution in [0, 0.1) is 0 Å². The Labute approximate surface area is 138 Å². The molecule has 0 bridgehead atoms. The highest BCUT2D eigenvalue weighted by atomic mass is 16.2. The Kier molecular flexibility index (Phi) is 5.43. The highest BCUT2D eigenvalue weighted by Gasteiger charge is 2.26. The second kappa shape index (κ2) is 7.93. The smallest absolute Gasteiger partial charge is 0.278 e. The van der Waals surface area contributed by atoms with Gasteiger partial charge in [-0.25, -0.2) is 0 Å². The lowest BCUT2D eigenvalue weighted by atomic mass is 9.88. The molecule has 0 unspecified atom stereocenters. The first-order chi connectivity index (χ1) is 11.3. The largest absolute Gasteiger partial charge is 0.351 e. The molecule has 0 aromatic heterocycles. The van der Waals surface area contributed by atoms with Gasteiger partial charge in [0.15, 0.2) is 6.04 Å². The first kappa shape index (κ1) is 15.8. The molecule has 1 amide bonds. The van der Waals surface area contributed by atoms with Crippen LogP contribution in [0.15, 0.2) is 60.7 Å². The number of hydrogen-bond acceptors (Lipinski definition) is 1. The molecule has 0 aliphatic carbocycles. The van der Waals surface area contributed by atoms with Gasteiger partial charge in [-0.1, -0.05) is 60.7 Å². The van der Waals surface area contributed by atoms with Gasteiger partial charge in [-0.3, -0.25) is 4.79 Å². The van der Waals surface area contributed by atoms with Crippen LogP contribution in [0.3, 0.4) is 0 Å². The molecule has 2 aromatic carbocycles. The summed E-state index contributed by atoms with van der Waals surface area (Å²) in [6, 6.07) is 21.2. The molecule has 1 fully saturated rings. The van der Waals surface area contributed by atoms with Crippen LogP contribution in [0.2, 0.25) is 0 Å². The van der Waals surface area contributed by atoms with Gasteiger partial charge in [0.1, 0.15) is 0 Å². The maximum Gasteiger partial charge on any atom is 0.278 e. The first-order valence-corrected chi connectivity index (χ1v) is 8.55. The van der Waals surface area contributed by atoms with E-state index in [0.29, 0.717) is 5.92 Å². The minimum absolute atomic E-state index is 0.127. The van der Waals surface area contributed by atoms with Crippen LogP contribution in [0.5, 0.6) is 0 Å². The third-order valence-electron chi connectivity index (χ3n) is 4.64. The van der Waals surface area contributed by atoms with Gasteiger partial charge in [-0.05, 0) is 17.5 Å².